The predicted molar refractivity (Wildman–Crippen MR) is 48.7 cm³/mol. The van der Waals surface area contributed by atoms with Crippen LogP contribution in [0.25, 0.3) is 0 Å². The molecule has 1 saturated heterocycles. The number of oxime groups is 1. The normalized spacial score (nSPS) is 25.5. The van der Waals surface area contributed by atoms with Crippen LogP contribution in [-0.2, 0) is 9.63 Å². The Morgan fingerprint density at radius 2 is 2.23 bits per heavy atom. The second-order valence-corrected chi connectivity index (χ2v) is 3.80. The summed E-state index contributed by atoms with van der Waals surface area (Å²) in [4.78, 5) is 16.4. The van der Waals surface area contributed by atoms with E-state index in [1.165, 1.54) is 0 Å². The minimum atomic E-state index is -0.160. The average molecular weight is 182 g/mol. The van der Waals surface area contributed by atoms with E-state index >= 15 is 0 Å². The van der Waals surface area contributed by atoms with Crippen molar-refractivity contribution in [1.82, 2.24) is 5.32 Å². The number of hydrogen-bond acceptors (Lipinski definition) is 4. The average Bonchev–Trinajstić information content (AvgIpc) is 2.51. The maximum Gasteiger partial charge on any atom is 0.177 e. The fraction of sp³-hybridized carbons (Fsp3) is 0.778. The van der Waals surface area contributed by atoms with Crippen LogP contribution < -0.4 is 5.32 Å². The van der Waals surface area contributed by atoms with Gasteiger partial charge < -0.3 is 10.2 Å². The van der Waals surface area contributed by atoms with E-state index in [0.717, 1.165) is 25.9 Å². The molecule has 1 fully saturated rings. The van der Waals surface area contributed by atoms with Crippen LogP contribution in [0.1, 0.15) is 26.2 Å². The Labute approximate surface area is 77.3 Å². The Morgan fingerprint density at radius 3 is 2.77 bits per heavy atom. The number of carbonyl (C=O) groups is 1. The molecule has 2 aliphatic rings. The molecule has 1 N–H and O–H groups in total. The van der Waals surface area contributed by atoms with Gasteiger partial charge in [0.1, 0.15) is 11.3 Å². The van der Waals surface area contributed by atoms with Crippen LogP contribution in [-0.4, -0.2) is 30.2 Å². The number of piperidine rings is 1. The molecule has 0 aliphatic carbocycles. The molecule has 0 aromatic carbocycles. The smallest absolute Gasteiger partial charge is 0.177 e. The van der Waals surface area contributed by atoms with Crippen molar-refractivity contribution in [3.8, 4) is 0 Å². The first-order valence-corrected chi connectivity index (χ1v) is 4.69. The van der Waals surface area contributed by atoms with Gasteiger partial charge in [0.25, 0.3) is 0 Å². The number of nitrogens with one attached hydrogen (secondary N) is 1. The molecule has 0 atom stereocenters. The number of hydrogen-bond donors (Lipinski definition) is 1. The van der Waals surface area contributed by atoms with Gasteiger partial charge in [-0.05, 0) is 13.1 Å². The van der Waals surface area contributed by atoms with Gasteiger partial charge in [0.15, 0.2) is 5.78 Å². The quantitative estimate of drug-likeness (QED) is 0.641. The van der Waals surface area contributed by atoms with E-state index in [1.807, 2.05) is 0 Å². The van der Waals surface area contributed by atoms with Crippen LogP contribution in [0.4, 0.5) is 0 Å². The summed E-state index contributed by atoms with van der Waals surface area (Å²) < 4.78 is 0. The second kappa shape index (κ2) is 3.10. The van der Waals surface area contributed by atoms with Crippen molar-refractivity contribution < 1.29 is 9.63 Å². The molecule has 4 heteroatoms. The number of Topliss-reactive ketones (excluding diaryl/α,β-unsaturated/α-hetero) is 1. The van der Waals surface area contributed by atoms with Gasteiger partial charge in [0.2, 0.25) is 0 Å². The Bertz CT molecular complexity index is 254. The van der Waals surface area contributed by atoms with Crippen LogP contribution in [0.15, 0.2) is 5.16 Å². The summed E-state index contributed by atoms with van der Waals surface area (Å²) in [5.74, 6) is 0.0374. The lowest BCUT2D eigenvalue weighted by Crippen LogP contribution is -2.42. The maximum absolute atomic E-state index is 11.0. The van der Waals surface area contributed by atoms with E-state index in [4.69, 9.17) is 4.84 Å². The Balaban J connectivity index is 2.02. The van der Waals surface area contributed by atoms with Crippen LogP contribution in [0, 0.1) is 0 Å². The summed E-state index contributed by atoms with van der Waals surface area (Å²) in [6.45, 7) is 3.46. The molecule has 72 valence electrons. The van der Waals surface area contributed by atoms with Gasteiger partial charge in [-0.25, -0.2) is 0 Å². The molecule has 0 saturated carbocycles. The number of carbonyl (C=O) groups excluding carboxylic acids is 1. The molecule has 0 aromatic heterocycles. The topological polar surface area (TPSA) is 50.7 Å². The van der Waals surface area contributed by atoms with Crippen LogP contribution in [0.5, 0.6) is 0 Å². The molecule has 1 spiro atoms. The third-order valence-electron chi connectivity index (χ3n) is 2.76. The fourth-order valence-corrected chi connectivity index (χ4v) is 1.86. The van der Waals surface area contributed by atoms with Gasteiger partial charge in [-0.3, -0.25) is 4.79 Å². The van der Waals surface area contributed by atoms with Gasteiger partial charge in [-0.15, -0.1) is 0 Å². The number of ketones is 1. The largest absolute Gasteiger partial charge is 0.388 e. The maximum atomic E-state index is 11.0. The first-order chi connectivity index (χ1) is 6.22. The molecule has 2 rings (SSSR count). The van der Waals surface area contributed by atoms with Gasteiger partial charge in [-0.2, -0.15) is 0 Å². The summed E-state index contributed by atoms with van der Waals surface area (Å²) >= 11 is 0. The first kappa shape index (κ1) is 8.69. The highest BCUT2D eigenvalue weighted by atomic mass is 16.7. The lowest BCUT2D eigenvalue weighted by molar-refractivity contribution is -0.111. The minimum Gasteiger partial charge on any atom is -0.388 e. The zero-order chi connectivity index (χ0) is 9.31. The highest BCUT2D eigenvalue weighted by molar-refractivity contribution is 6.39. The van der Waals surface area contributed by atoms with E-state index in [2.05, 4.69) is 10.5 Å². The summed E-state index contributed by atoms with van der Waals surface area (Å²) in [5, 5.41) is 7.12. The first-order valence-electron chi connectivity index (χ1n) is 4.69. The van der Waals surface area contributed by atoms with Gasteiger partial charge in [0, 0.05) is 26.2 Å². The number of nitrogens with zero attached hydrogens (tertiary/aromatic N) is 1. The molecule has 13 heavy (non-hydrogen) atoms. The molecule has 2 heterocycles. The Hall–Kier alpha value is -0.900. The van der Waals surface area contributed by atoms with Crippen molar-refractivity contribution in [3.63, 3.8) is 0 Å². The van der Waals surface area contributed by atoms with Crippen molar-refractivity contribution in [2.45, 2.75) is 31.8 Å². The van der Waals surface area contributed by atoms with E-state index < -0.39 is 0 Å². The second-order valence-electron chi connectivity index (χ2n) is 3.80. The fourth-order valence-electron chi connectivity index (χ4n) is 1.86. The van der Waals surface area contributed by atoms with Crippen LogP contribution >= 0.6 is 0 Å². The lowest BCUT2D eigenvalue weighted by atomic mass is 9.87. The van der Waals surface area contributed by atoms with E-state index in [9.17, 15) is 4.79 Å². The molecular weight excluding hydrogens is 168 g/mol. The molecular formula is C9H14N2O2. The van der Waals surface area contributed by atoms with Crippen molar-refractivity contribution in [3.05, 3.63) is 0 Å². The lowest BCUT2D eigenvalue weighted by Gasteiger charge is -2.30. The predicted octanol–water partition coefficient (Wildman–Crippen LogP) is 0.474. The van der Waals surface area contributed by atoms with Crippen molar-refractivity contribution in [1.29, 1.82) is 0 Å². The van der Waals surface area contributed by atoms with Gasteiger partial charge in [0.05, 0.1) is 0 Å². The monoisotopic (exact) mass is 182 g/mol. The van der Waals surface area contributed by atoms with Crippen LogP contribution in [0.2, 0.25) is 0 Å². The molecule has 0 bridgehead atoms. The molecule has 0 radical (unpaired) electrons. The SMILES string of the molecule is CC(=O)C1=NOC2(CCNCC2)C1. The summed E-state index contributed by atoms with van der Waals surface area (Å²) in [6, 6.07) is 0. The standard InChI is InChI=1S/C9H14N2O2/c1-7(12)8-6-9(13-11-8)2-4-10-5-3-9/h10H,2-6H2,1H3. The molecule has 2 aliphatic heterocycles. The highest BCUT2D eigenvalue weighted by Gasteiger charge is 2.41. The Morgan fingerprint density at radius 1 is 1.54 bits per heavy atom. The van der Waals surface area contributed by atoms with Crippen molar-refractivity contribution in [2.24, 2.45) is 5.16 Å². The molecule has 0 aromatic rings. The Kier molecular flexibility index (Phi) is 2.07. The summed E-state index contributed by atoms with van der Waals surface area (Å²) in [6.07, 6.45) is 2.60. The molecule has 0 amide bonds. The minimum absolute atomic E-state index is 0.0374. The molecule has 4 nitrogen and oxygen atoms in total. The van der Waals surface area contributed by atoms with Gasteiger partial charge in [-0.1, -0.05) is 5.16 Å². The zero-order valence-corrected chi connectivity index (χ0v) is 7.80. The van der Waals surface area contributed by atoms with Gasteiger partial charge >= 0.3 is 0 Å². The third-order valence-corrected chi connectivity index (χ3v) is 2.76. The van der Waals surface area contributed by atoms with Crippen molar-refractivity contribution >= 4 is 11.5 Å². The van der Waals surface area contributed by atoms with Crippen LogP contribution in [0.3, 0.4) is 0 Å². The molecule has 0 unspecified atom stereocenters. The summed E-state index contributed by atoms with van der Waals surface area (Å²) in [7, 11) is 0. The van der Waals surface area contributed by atoms with E-state index in [-0.39, 0.29) is 11.4 Å². The van der Waals surface area contributed by atoms with E-state index in [0.29, 0.717) is 12.1 Å². The highest BCUT2D eigenvalue weighted by Crippen LogP contribution is 2.32. The summed E-state index contributed by atoms with van der Waals surface area (Å²) in [5.41, 5.74) is 0.439. The van der Waals surface area contributed by atoms with Crippen molar-refractivity contribution in [2.75, 3.05) is 13.1 Å². The van der Waals surface area contributed by atoms with E-state index in [1.54, 1.807) is 6.92 Å². The third kappa shape index (κ3) is 1.58. The number of rotatable bonds is 1. The zero-order valence-electron chi connectivity index (χ0n) is 7.80.